The van der Waals surface area contributed by atoms with Crippen LogP contribution in [0, 0.1) is 0 Å². The standard InChI is InChI=1S/C13H15N5S/c1-3-9(2)15-12-17-18-8-11(16-13(18)19-12)10-5-4-6-14-7-10/h4-9H,3H2,1-2H3,(H,15,17). The van der Waals surface area contributed by atoms with Crippen molar-refractivity contribution >= 4 is 21.4 Å². The molecule has 0 saturated heterocycles. The van der Waals surface area contributed by atoms with Crippen LogP contribution in [0.2, 0.25) is 0 Å². The van der Waals surface area contributed by atoms with Crippen molar-refractivity contribution in [3.63, 3.8) is 0 Å². The summed E-state index contributed by atoms with van der Waals surface area (Å²) in [6.07, 6.45) is 6.58. The fourth-order valence-electron chi connectivity index (χ4n) is 1.72. The van der Waals surface area contributed by atoms with Crippen molar-refractivity contribution < 1.29 is 0 Å². The van der Waals surface area contributed by atoms with E-state index in [-0.39, 0.29) is 0 Å². The van der Waals surface area contributed by atoms with Crippen molar-refractivity contribution in [1.82, 2.24) is 19.6 Å². The summed E-state index contributed by atoms with van der Waals surface area (Å²) >= 11 is 1.57. The van der Waals surface area contributed by atoms with Gasteiger partial charge in [-0.05, 0) is 25.5 Å². The Balaban J connectivity index is 1.90. The molecule has 19 heavy (non-hydrogen) atoms. The van der Waals surface area contributed by atoms with E-state index in [1.165, 1.54) is 0 Å². The first-order valence-electron chi connectivity index (χ1n) is 6.29. The van der Waals surface area contributed by atoms with Crippen LogP contribution in [-0.4, -0.2) is 25.6 Å². The molecule has 0 aromatic carbocycles. The minimum Gasteiger partial charge on any atom is -0.358 e. The van der Waals surface area contributed by atoms with E-state index in [1.807, 2.05) is 29.0 Å². The Hall–Kier alpha value is -1.95. The van der Waals surface area contributed by atoms with Crippen LogP contribution in [0.1, 0.15) is 20.3 Å². The highest BCUT2D eigenvalue weighted by molar-refractivity contribution is 7.20. The van der Waals surface area contributed by atoms with Gasteiger partial charge in [0.25, 0.3) is 0 Å². The second-order valence-electron chi connectivity index (χ2n) is 4.46. The molecule has 0 radical (unpaired) electrons. The van der Waals surface area contributed by atoms with Gasteiger partial charge < -0.3 is 5.32 Å². The first kappa shape index (κ1) is 12.1. The number of fused-ring (bicyclic) bond motifs is 1. The van der Waals surface area contributed by atoms with Crippen molar-refractivity contribution in [2.75, 3.05) is 5.32 Å². The lowest BCUT2D eigenvalue weighted by atomic mass is 10.2. The molecule has 0 fully saturated rings. The topological polar surface area (TPSA) is 55.1 Å². The van der Waals surface area contributed by atoms with Crippen molar-refractivity contribution in [2.45, 2.75) is 26.3 Å². The zero-order valence-corrected chi connectivity index (χ0v) is 11.7. The predicted octanol–water partition coefficient (Wildman–Crippen LogP) is 3.06. The number of rotatable bonds is 4. The molecule has 0 saturated carbocycles. The Labute approximate surface area is 115 Å². The third-order valence-electron chi connectivity index (χ3n) is 2.98. The Morgan fingerprint density at radius 2 is 2.37 bits per heavy atom. The van der Waals surface area contributed by atoms with E-state index in [0.29, 0.717) is 6.04 Å². The van der Waals surface area contributed by atoms with E-state index in [2.05, 4.69) is 34.2 Å². The normalized spacial score (nSPS) is 12.7. The van der Waals surface area contributed by atoms with Gasteiger partial charge in [0.1, 0.15) is 0 Å². The molecule has 5 nitrogen and oxygen atoms in total. The highest BCUT2D eigenvalue weighted by Crippen LogP contribution is 2.24. The quantitative estimate of drug-likeness (QED) is 0.793. The molecule has 0 spiro atoms. The van der Waals surface area contributed by atoms with Gasteiger partial charge in [0.05, 0.1) is 11.9 Å². The molecule has 3 heterocycles. The summed E-state index contributed by atoms with van der Waals surface area (Å²) in [5.74, 6) is 0. The van der Waals surface area contributed by atoms with Gasteiger partial charge in [-0.3, -0.25) is 4.98 Å². The van der Waals surface area contributed by atoms with Crippen molar-refractivity contribution in [3.8, 4) is 11.3 Å². The second-order valence-corrected chi connectivity index (χ2v) is 5.41. The third-order valence-corrected chi connectivity index (χ3v) is 3.84. The van der Waals surface area contributed by atoms with Crippen LogP contribution in [0.4, 0.5) is 5.13 Å². The molecule has 3 rings (SSSR count). The first-order valence-corrected chi connectivity index (χ1v) is 7.11. The molecule has 0 aliphatic rings. The lowest BCUT2D eigenvalue weighted by molar-refractivity contribution is 0.758. The van der Waals surface area contributed by atoms with Crippen molar-refractivity contribution in [2.24, 2.45) is 0 Å². The second kappa shape index (κ2) is 4.97. The zero-order chi connectivity index (χ0) is 13.2. The number of hydrogen-bond acceptors (Lipinski definition) is 5. The Kier molecular flexibility index (Phi) is 3.16. The van der Waals surface area contributed by atoms with Crippen LogP contribution >= 0.6 is 11.3 Å². The van der Waals surface area contributed by atoms with Crippen LogP contribution < -0.4 is 5.32 Å². The molecule has 0 aliphatic carbocycles. The van der Waals surface area contributed by atoms with Gasteiger partial charge in [-0.2, -0.15) is 0 Å². The van der Waals surface area contributed by atoms with Gasteiger partial charge >= 0.3 is 0 Å². The molecule has 1 N–H and O–H groups in total. The van der Waals surface area contributed by atoms with Crippen LogP contribution in [0.25, 0.3) is 16.2 Å². The maximum atomic E-state index is 4.58. The van der Waals surface area contributed by atoms with Crippen LogP contribution in [-0.2, 0) is 0 Å². The Morgan fingerprint density at radius 1 is 1.47 bits per heavy atom. The maximum Gasteiger partial charge on any atom is 0.214 e. The summed E-state index contributed by atoms with van der Waals surface area (Å²) in [7, 11) is 0. The summed E-state index contributed by atoms with van der Waals surface area (Å²) in [5, 5.41) is 8.76. The lowest BCUT2D eigenvalue weighted by Crippen LogP contribution is -2.13. The average Bonchev–Trinajstić information content (AvgIpc) is 2.97. The van der Waals surface area contributed by atoms with E-state index in [4.69, 9.17) is 0 Å². The fourth-order valence-corrected chi connectivity index (χ4v) is 2.62. The van der Waals surface area contributed by atoms with Gasteiger partial charge in [0, 0.05) is 24.0 Å². The number of imidazole rings is 1. The molecule has 1 unspecified atom stereocenters. The molecular formula is C13H15N5S. The van der Waals surface area contributed by atoms with Gasteiger partial charge in [0.15, 0.2) is 0 Å². The van der Waals surface area contributed by atoms with Crippen molar-refractivity contribution in [1.29, 1.82) is 0 Å². The molecule has 3 aromatic heterocycles. The van der Waals surface area contributed by atoms with E-state index in [0.717, 1.165) is 27.8 Å². The highest BCUT2D eigenvalue weighted by Gasteiger charge is 2.10. The molecular weight excluding hydrogens is 258 g/mol. The molecule has 6 heteroatoms. The zero-order valence-electron chi connectivity index (χ0n) is 10.9. The van der Waals surface area contributed by atoms with E-state index >= 15 is 0 Å². The van der Waals surface area contributed by atoms with Crippen LogP contribution in [0.3, 0.4) is 0 Å². The molecule has 0 aliphatic heterocycles. The van der Waals surface area contributed by atoms with Gasteiger partial charge in [-0.1, -0.05) is 18.3 Å². The lowest BCUT2D eigenvalue weighted by Gasteiger charge is -2.07. The van der Waals surface area contributed by atoms with Crippen LogP contribution in [0.5, 0.6) is 0 Å². The number of hydrogen-bond donors (Lipinski definition) is 1. The van der Waals surface area contributed by atoms with E-state index in [1.54, 1.807) is 17.5 Å². The highest BCUT2D eigenvalue weighted by atomic mass is 32.1. The van der Waals surface area contributed by atoms with Gasteiger partial charge in [0.2, 0.25) is 10.1 Å². The largest absolute Gasteiger partial charge is 0.358 e. The summed E-state index contributed by atoms with van der Waals surface area (Å²) < 4.78 is 1.82. The minimum atomic E-state index is 0.425. The summed E-state index contributed by atoms with van der Waals surface area (Å²) in [4.78, 5) is 9.57. The average molecular weight is 273 g/mol. The Bertz CT molecular complexity index is 641. The van der Waals surface area contributed by atoms with Gasteiger partial charge in [-0.15, -0.1) is 5.10 Å². The molecule has 0 bridgehead atoms. The third kappa shape index (κ3) is 2.44. The van der Waals surface area contributed by atoms with Crippen molar-refractivity contribution in [3.05, 3.63) is 30.7 Å². The Morgan fingerprint density at radius 3 is 3.05 bits per heavy atom. The molecule has 1 atom stereocenters. The van der Waals surface area contributed by atoms with Crippen LogP contribution in [0.15, 0.2) is 30.7 Å². The summed E-state index contributed by atoms with van der Waals surface area (Å²) in [6.45, 7) is 4.29. The number of aromatic nitrogens is 4. The number of nitrogens with one attached hydrogen (secondary N) is 1. The smallest absolute Gasteiger partial charge is 0.214 e. The fraction of sp³-hybridized carbons (Fsp3) is 0.308. The number of nitrogens with zero attached hydrogens (tertiary/aromatic N) is 4. The minimum absolute atomic E-state index is 0.425. The van der Waals surface area contributed by atoms with Gasteiger partial charge in [-0.25, -0.2) is 9.50 Å². The number of anilines is 1. The first-order chi connectivity index (χ1) is 9.26. The molecule has 3 aromatic rings. The SMILES string of the molecule is CCC(C)Nc1nn2cc(-c3cccnc3)nc2s1. The van der Waals surface area contributed by atoms with E-state index in [9.17, 15) is 0 Å². The maximum absolute atomic E-state index is 4.58. The summed E-state index contributed by atoms with van der Waals surface area (Å²) in [6, 6.07) is 4.33. The summed E-state index contributed by atoms with van der Waals surface area (Å²) in [5.41, 5.74) is 1.92. The van der Waals surface area contributed by atoms with E-state index < -0.39 is 0 Å². The molecule has 0 amide bonds. The molecule has 98 valence electrons. The predicted molar refractivity (Wildman–Crippen MR) is 77.5 cm³/mol. The monoisotopic (exact) mass is 273 g/mol. The number of pyridine rings is 1.